The Bertz CT molecular complexity index is 515. The summed E-state index contributed by atoms with van der Waals surface area (Å²) in [7, 11) is 0. The summed E-state index contributed by atoms with van der Waals surface area (Å²) in [5.74, 6) is 1.50. The van der Waals surface area contributed by atoms with E-state index >= 15 is 0 Å². The van der Waals surface area contributed by atoms with Gasteiger partial charge in [-0.1, -0.05) is 12.7 Å². The zero-order valence-electron chi connectivity index (χ0n) is 7.96. The number of hydrogen-bond acceptors (Lipinski definition) is 4. The van der Waals surface area contributed by atoms with Gasteiger partial charge in [-0.05, 0) is 23.8 Å². The van der Waals surface area contributed by atoms with Crippen LogP contribution < -0.4 is 0 Å². The molecule has 3 rings (SSSR count). The van der Waals surface area contributed by atoms with Gasteiger partial charge in [0.25, 0.3) is 0 Å². The highest BCUT2D eigenvalue weighted by Gasteiger charge is 2.27. The first-order chi connectivity index (χ1) is 7.40. The molecule has 72 valence electrons. The van der Waals surface area contributed by atoms with E-state index in [9.17, 15) is 0 Å². The molecule has 0 fully saturated rings. The largest absolute Gasteiger partial charge is 0.262 e. The molecule has 3 heterocycles. The maximum Gasteiger partial charge on any atom is 0.237 e. The third-order valence-corrected chi connectivity index (χ3v) is 2.38. The summed E-state index contributed by atoms with van der Waals surface area (Å²) >= 11 is 0. The van der Waals surface area contributed by atoms with E-state index < -0.39 is 0 Å². The van der Waals surface area contributed by atoms with E-state index in [-0.39, 0.29) is 0 Å². The average molecular weight is 196 g/mol. The summed E-state index contributed by atoms with van der Waals surface area (Å²) in [4.78, 5) is 14.4. The van der Waals surface area contributed by atoms with E-state index in [0.717, 1.165) is 17.1 Å². The molecule has 0 spiro atoms. The van der Waals surface area contributed by atoms with Crippen molar-refractivity contribution in [3.63, 3.8) is 0 Å². The summed E-state index contributed by atoms with van der Waals surface area (Å²) in [6.07, 6.45) is 10.9. The Morgan fingerprint density at radius 3 is 3.00 bits per heavy atom. The lowest BCUT2D eigenvalue weighted by atomic mass is 10.1. The number of rotatable bonds is 1. The molecule has 0 aromatic rings. The lowest BCUT2D eigenvalue weighted by Crippen LogP contribution is -2.34. The maximum absolute atomic E-state index is 4.18. The molecular weight excluding hydrogens is 188 g/mol. The van der Waals surface area contributed by atoms with E-state index in [0.29, 0.717) is 5.96 Å². The van der Waals surface area contributed by atoms with Crippen molar-refractivity contribution in [1.29, 1.82) is 0 Å². The van der Waals surface area contributed by atoms with Crippen LogP contribution in [0.4, 0.5) is 0 Å². The molecule has 15 heavy (non-hydrogen) atoms. The molecule has 0 aromatic carbocycles. The fourth-order valence-electron chi connectivity index (χ4n) is 1.69. The Kier molecular flexibility index (Phi) is 1.56. The monoisotopic (exact) mass is 196 g/mol. The molecule has 0 unspecified atom stereocenters. The lowest BCUT2D eigenvalue weighted by molar-refractivity contribution is 0.612. The average Bonchev–Trinajstić information content (AvgIpc) is 2.30. The molecule has 0 radical (unpaired) electrons. The molecule has 3 aliphatic heterocycles. The van der Waals surface area contributed by atoms with Gasteiger partial charge in [-0.15, -0.1) is 0 Å². The van der Waals surface area contributed by atoms with E-state index in [4.69, 9.17) is 0 Å². The van der Waals surface area contributed by atoms with Crippen molar-refractivity contribution < 1.29 is 0 Å². The van der Waals surface area contributed by atoms with E-state index in [2.05, 4.69) is 21.6 Å². The first-order valence-corrected chi connectivity index (χ1v) is 4.60. The van der Waals surface area contributed by atoms with Crippen LogP contribution in [0.5, 0.6) is 0 Å². The first kappa shape index (κ1) is 8.11. The summed E-state index contributed by atoms with van der Waals surface area (Å²) in [6.45, 7) is 3.78. The van der Waals surface area contributed by atoms with Crippen LogP contribution in [-0.2, 0) is 0 Å². The Hall–Kier alpha value is -2.23. The third-order valence-electron chi connectivity index (χ3n) is 2.38. The van der Waals surface area contributed by atoms with Gasteiger partial charge >= 0.3 is 0 Å². The van der Waals surface area contributed by atoms with Gasteiger partial charge in [0.15, 0.2) is 0 Å². The van der Waals surface area contributed by atoms with Crippen LogP contribution in [0.2, 0.25) is 0 Å². The highest BCUT2D eigenvalue weighted by atomic mass is 15.4. The van der Waals surface area contributed by atoms with Crippen LogP contribution in [-0.4, -0.2) is 23.4 Å². The predicted molar refractivity (Wildman–Crippen MR) is 60.7 cm³/mol. The second-order valence-corrected chi connectivity index (χ2v) is 3.19. The minimum Gasteiger partial charge on any atom is -0.262 e. The van der Waals surface area contributed by atoms with Crippen molar-refractivity contribution in [2.45, 2.75) is 0 Å². The quantitative estimate of drug-likeness (QED) is 0.628. The van der Waals surface area contributed by atoms with Crippen molar-refractivity contribution in [3.8, 4) is 0 Å². The number of hydrogen-bond donors (Lipinski definition) is 0. The number of guanidine groups is 1. The van der Waals surface area contributed by atoms with Gasteiger partial charge in [-0.3, -0.25) is 4.90 Å². The Balaban J connectivity index is 2.23. The molecule has 0 amide bonds. The Morgan fingerprint density at radius 1 is 1.20 bits per heavy atom. The molecule has 0 saturated heterocycles. The minimum atomic E-state index is 0.654. The lowest BCUT2D eigenvalue weighted by Gasteiger charge is -2.32. The molecule has 0 aromatic heterocycles. The standard InChI is InChI=1S/C11H8N4/c1-2-8-3-4-10-13-7-14-11-12-6-5-9(8)15(10)11/h2-7H,1H2. The Labute approximate surface area is 87.1 Å². The number of allylic oxidation sites excluding steroid dienone is 4. The van der Waals surface area contributed by atoms with Gasteiger partial charge in [-0.2, -0.15) is 0 Å². The van der Waals surface area contributed by atoms with E-state index in [1.54, 1.807) is 6.21 Å². The highest BCUT2D eigenvalue weighted by molar-refractivity contribution is 6.01. The summed E-state index contributed by atoms with van der Waals surface area (Å²) < 4.78 is 0. The third kappa shape index (κ3) is 1.05. The van der Waals surface area contributed by atoms with Gasteiger partial charge < -0.3 is 0 Å². The molecule has 0 atom stereocenters. The second-order valence-electron chi connectivity index (χ2n) is 3.19. The van der Waals surface area contributed by atoms with Crippen molar-refractivity contribution >= 4 is 18.5 Å². The van der Waals surface area contributed by atoms with Crippen molar-refractivity contribution in [3.05, 3.63) is 48.0 Å². The number of aliphatic imine (C=N–C) groups is 3. The summed E-state index contributed by atoms with van der Waals surface area (Å²) in [5, 5.41) is 0. The summed E-state index contributed by atoms with van der Waals surface area (Å²) in [6, 6.07) is 0. The predicted octanol–water partition coefficient (Wildman–Crippen LogP) is 1.62. The molecule has 0 bridgehead atoms. The van der Waals surface area contributed by atoms with E-state index in [1.165, 1.54) is 6.34 Å². The zero-order valence-corrected chi connectivity index (χ0v) is 7.96. The first-order valence-electron chi connectivity index (χ1n) is 4.60. The van der Waals surface area contributed by atoms with Crippen molar-refractivity contribution in [2.24, 2.45) is 15.0 Å². The molecule has 4 heteroatoms. The molecule has 0 aliphatic carbocycles. The molecule has 4 nitrogen and oxygen atoms in total. The van der Waals surface area contributed by atoms with Gasteiger partial charge in [-0.25, -0.2) is 15.0 Å². The normalized spacial score (nSPS) is 21.2. The van der Waals surface area contributed by atoms with Crippen molar-refractivity contribution in [1.82, 2.24) is 4.90 Å². The van der Waals surface area contributed by atoms with Gasteiger partial charge in [0.2, 0.25) is 5.96 Å². The minimum absolute atomic E-state index is 0.654. The van der Waals surface area contributed by atoms with E-state index in [1.807, 2.05) is 29.2 Å². The van der Waals surface area contributed by atoms with Gasteiger partial charge in [0.05, 0.1) is 5.70 Å². The fourth-order valence-corrected chi connectivity index (χ4v) is 1.69. The highest BCUT2D eigenvalue weighted by Crippen LogP contribution is 2.30. The van der Waals surface area contributed by atoms with Gasteiger partial charge in [0, 0.05) is 6.21 Å². The SMILES string of the molecule is C=CC1=CC=C2N=CN=C3N=CC=C1N23. The van der Waals surface area contributed by atoms with Crippen LogP contribution in [0.3, 0.4) is 0 Å². The van der Waals surface area contributed by atoms with Crippen LogP contribution in [0, 0.1) is 0 Å². The molecule has 0 saturated carbocycles. The molecule has 0 N–H and O–H groups in total. The smallest absolute Gasteiger partial charge is 0.237 e. The Morgan fingerprint density at radius 2 is 2.13 bits per heavy atom. The van der Waals surface area contributed by atoms with Gasteiger partial charge in [0.1, 0.15) is 12.2 Å². The van der Waals surface area contributed by atoms with Crippen LogP contribution in [0.1, 0.15) is 0 Å². The molecular formula is C11H8N4. The van der Waals surface area contributed by atoms with Crippen LogP contribution >= 0.6 is 0 Å². The maximum atomic E-state index is 4.18. The van der Waals surface area contributed by atoms with Crippen molar-refractivity contribution in [2.75, 3.05) is 0 Å². The fraction of sp³-hybridized carbons (Fsp3) is 0. The van der Waals surface area contributed by atoms with Crippen LogP contribution in [0.25, 0.3) is 0 Å². The topological polar surface area (TPSA) is 40.3 Å². The second kappa shape index (κ2) is 2.88. The van der Waals surface area contributed by atoms with Crippen LogP contribution in [0.15, 0.2) is 63.0 Å². The summed E-state index contributed by atoms with van der Waals surface area (Å²) in [5.41, 5.74) is 2.07. The number of nitrogens with zero attached hydrogens (tertiary/aromatic N) is 4. The molecule has 3 aliphatic rings. The zero-order chi connectivity index (χ0) is 10.3.